The number of halogens is 2. The Morgan fingerprint density at radius 1 is 1.62 bits per heavy atom. The molecular formula is C12H15BrClNO. The average Bonchev–Trinajstić information content (AvgIpc) is 2.27. The summed E-state index contributed by atoms with van der Waals surface area (Å²) in [7, 11) is 0. The molecule has 1 aliphatic carbocycles. The van der Waals surface area contributed by atoms with Crippen LogP contribution in [-0.4, -0.2) is 15.9 Å². The van der Waals surface area contributed by atoms with Gasteiger partial charge < -0.3 is 4.74 Å². The molecule has 0 radical (unpaired) electrons. The molecule has 0 saturated heterocycles. The lowest BCUT2D eigenvalue weighted by Gasteiger charge is -2.50. The fourth-order valence-corrected chi connectivity index (χ4v) is 3.14. The lowest BCUT2D eigenvalue weighted by atomic mass is 9.65. The van der Waals surface area contributed by atoms with E-state index in [0.29, 0.717) is 9.85 Å². The van der Waals surface area contributed by atoms with E-state index in [1.165, 1.54) is 0 Å². The van der Waals surface area contributed by atoms with Gasteiger partial charge in [-0.3, -0.25) is 4.98 Å². The molecule has 3 atom stereocenters. The van der Waals surface area contributed by atoms with Gasteiger partial charge in [0.2, 0.25) is 0 Å². The van der Waals surface area contributed by atoms with Crippen LogP contribution >= 0.6 is 27.5 Å². The highest BCUT2D eigenvalue weighted by Gasteiger charge is 2.50. The summed E-state index contributed by atoms with van der Waals surface area (Å²) in [5.41, 5.74) is 0.211. The van der Waals surface area contributed by atoms with Crippen molar-refractivity contribution in [1.29, 1.82) is 0 Å². The maximum absolute atomic E-state index is 5.93. The van der Waals surface area contributed by atoms with Crippen LogP contribution in [0.3, 0.4) is 0 Å². The summed E-state index contributed by atoms with van der Waals surface area (Å²) in [5.74, 6) is 0.761. The van der Waals surface area contributed by atoms with Gasteiger partial charge in [0, 0.05) is 22.5 Å². The lowest BCUT2D eigenvalue weighted by molar-refractivity contribution is -0.0245. The smallest absolute Gasteiger partial charge is 0.139 e. The van der Waals surface area contributed by atoms with Crippen molar-refractivity contribution >= 4 is 27.5 Å². The first kappa shape index (κ1) is 12.2. The first-order chi connectivity index (χ1) is 7.56. The molecule has 0 aromatic carbocycles. The molecule has 0 N–H and O–H groups in total. The summed E-state index contributed by atoms with van der Waals surface area (Å²) < 4.78 is 5.93. The van der Waals surface area contributed by atoms with Gasteiger partial charge in [0.15, 0.2) is 0 Å². The minimum Gasteiger partial charge on any atom is -0.488 e. The molecule has 1 heterocycles. The van der Waals surface area contributed by atoms with E-state index in [2.05, 4.69) is 34.8 Å². The normalized spacial score (nSPS) is 33.2. The minimum absolute atomic E-state index is 0.211. The second-order valence-electron chi connectivity index (χ2n) is 4.51. The molecule has 1 saturated carbocycles. The van der Waals surface area contributed by atoms with E-state index < -0.39 is 0 Å². The number of hydrogen-bond donors (Lipinski definition) is 0. The third kappa shape index (κ3) is 2.07. The van der Waals surface area contributed by atoms with E-state index in [4.69, 9.17) is 16.3 Å². The zero-order valence-electron chi connectivity index (χ0n) is 9.41. The van der Waals surface area contributed by atoms with Crippen molar-refractivity contribution in [3.63, 3.8) is 0 Å². The predicted octanol–water partition coefficient (Wildman–Crippen LogP) is 4.07. The van der Waals surface area contributed by atoms with Gasteiger partial charge in [-0.1, -0.05) is 41.4 Å². The second-order valence-corrected chi connectivity index (χ2v) is 6.05. The van der Waals surface area contributed by atoms with E-state index in [-0.39, 0.29) is 11.5 Å². The van der Waals surface area contributed by atoms with Gasteiger partial charge in [-0.05, 0) is 12.8 Å². The van der Waals surface area contributed by atoms with Crippen molar-refractivity contribution in [1.82, 2.24) is 4.98 Å². The Bertz CT molecular complexity index is 387. The topological polar surface area (TPSA) is 22.1 Å². The Balaban J connectivity index is 2.06. The standard InChI is InChI=1S/C12H15BrClNO/c1-3-12(2)10(13)5-11(12)16-9-4-8(14)6-15-7-9/h4,6-7,10-11H,3,5H2,1-2H3. The van der Waals surface area contributed by atoms with E-state index in [9.17, 15) is 0 Å². The molecular weight excluding hydrogens is 289 g/mol. The van der Waals surface area contributed by atoms with Crippen LogP contribution in [0.5, 0.6) is 5.75 Å². The average molecular weight is 305 g/mol. The van der Waals surface area contributed by atoms with Gasteiger partial charge in [-0.2, -0.15) is 0 Å². The van der Waals surface area contributed by atoms with Crippen LogP contribution in [0.2, 0.25) is 5.02 Å². The van der Waals surface area contributed by atoms with Crippen molar-refractivity contribution in [2.45, 2.75) is 37.6 Å². The summed E-state index contributed by atoms with van der Waals surface area (Å²) in [6, 6.07) is 1.81. The summed E-state index contributed by atoms with van der Waals surface area (Å²) >= 11 is 9.56. The molecule has 4 heteroatoms. The zero-order valence-corrected chi connectivity index (χ0v) is 11.8. The van der Waals surface area contributed by atoms with Crippen LogP contribution < -0.4 is 4.74 Å². The monoisotopic (exact) mass is 303 g/mol. The van der Waals surface area contributed by atoms with E-state index in [0.717, 1.165) is 18.6 Å². The van der Waals surface area contributed by atoms with Gasteiger partial charge in [0.05, 0.1) is 11.2 Å². The summed E-state index contributed by atoms with van der Waals surface area (Å²) in [6.07, 6.45) is 5.71. The molecule has 1 aromatic heterocycles. The van der Waals surface area contributed by atoms with Crippen LogP contribution in [0.25, 0.3) is 0 Å². The molecule has 0 aliphatic heterocycles. The predicted molar refractivity (Wildman–Crippen MR) is 69.4 cm³/mol. The van der Waals surface area contributed by atoms with Gasteiger partial charge in [-0.25, -0.2) is 0 Å². The number of nitrogens with zero attached hydrogens (tertiary/aromatic N) is 1. The molecule has 16 heavy (non-hydrogen) atoms. The number of hydrogen-bond acceptors (Lipinski definition) is 2. The Morgan fingerprint density at radius 2 is 2.38 bits per heavy atom. The molecule has 1 fully saturated rings. The Kier molecular flexibility index (Phi) is 3.45. The molecule has 0 spiro atoms. The molecule has 88 valence electrons. The van der Waals surface area contributed by atoms with Crippen molar-refractivity contribution in [2.75, 3.05) is 0 Å². The molecule has 3 unspecified atom stereocenters. The van der Waals surface area contributed by atoms with Gasteiger partial charge in [0.1, 0.15) is 11.9 Å². The van der Waals surface area contributed by atoms with Crippen LogP contribution in [0.1, 0.15) is 26.7 Å². The van der Waals surface area contributed by atoms with E-state index >= 15 is 0 Å². The highest BCUT2D eigenvalue weighted by molar-refractivity contribution is 9.09. The van der Waals surface area contributed by atoms with Crippen molar-refractivity contribution in [3.8, 4) is 5.75 Å². The number of aromatic nitrogens is 1. The van der Waals surface area contributed by atoms with Crippen LogP contribution in [0, 0.1) is 5.41 Å². The Morgan fingerprint density at radius 3 is 2.94 bits per heavy atom. The molecule has 2 rings (SSSR count). The molecule has 0 amide bonds. The van der Waals surface area contributed by atoms with Crippen LogP contribution in [0.15, 0.2) is 18.5 Å². The maximum atomic E-state index is 5.93. The third-order valence-electron chi connectivity index (χ3n) is 3.59. The number of ether oxygens (including phenoxy) is 1. The zero-order chi connectivity index (χ0) is 11.8. The number of pyridine rings is 1. The maximum Gasteiger partial charge on any atom is 0.139 e. The van der Waals surface area contributed by atoms with Crippen LogP contribution in [-0.2, 0) is 0 Å². The lowest BCUT2D eigenvalue weighted by Crippen LogP contribution is -2.54. The number of rotatable bonds is 3. The van der Waals surface area contributed by atoms with E-state index in [1.807, 2.05) is 6.07 Å². The fourth-order valence-electron chi connectivity index (χ4n) is 2.02. The first-order valence-corrected chi connectivity index (χ1v) is 6.77. The third-order valence-corrected chi connectivity index (χ3v) is 5.22. The van der Waals surface area contributed by atoms with E-state index in [1.54, 1.807) is 12.4 Å². The molecule has 0 bridgehead atoms. The molecule has 1 aliphatic rings. The van der Waals surface area contributed by atoms with Crippen LogP contribution in [0.4, 0.5) is 0 Å². The quantitative estimate of drug-likeness (QED) is 0.786. The van der Waals surface area contributed by atoms with Gasteiger partial charge in [-0.15, -0.1) is 0 Å². The number of alkyl halides is 1. The minimum atomic E-state index is 0.211. The highest BCUT2D eigenvalue weighted by Crippen LogP contribution is 2.50. The first-order valence-electron chi connectivity index (χ1n) is 5.47. The molecule has 1 aromatic rings. The second kappa shape index (κ2) is 4.53. The van der Waals surface area contributed by atoms with Gasteiger partial charge in [0.25, 0.3) is 0 Å². The largest absolute Gasteiger partial charge is 0.488 e. The Labute approximate surface area is 109 Å². The summed E-state index contributed by atoms with van der Waals surface area (Å²) in [5, 5.41) is 0.616. The molecule has 2 nitrogen and oxygen atoms in total. The van der Waals surface area contributed by atoms with Gasteiger partial charge >= 0.3 is 0 Å². The van der Waals surface area contributed by atoms with Crippen molar-refractivity contribution in [3.05, 3.63) is 23.5 Å². The summed E-state index contributed by atoms with van der Waals surface area (Å²) in [4.78, 5) is 4.56. The van der Waals surface area contributed by atoms with Crippen molar-refractivity contribution in [2.24, 2.45) is 5.41 Å². The Hall–Kier alpha value is -0.280. The summed E-state index contributed by atoms with van der Waals surface area (Å²) in [6.45, 7) is 4.44. The van der Waals surface area contributed by atoms with Crippen molar-refractivity contribution < 1.29 is 4.74 Å². The fraction of sp³-hybridized carbons (Fsp3) is 0.583. The highest BCUT2D eigenvalue weighted by atomic mass is 79.9. The SMILES string of the molecule is CCC1(C)C(Br)CC1Oc1cncc(Cl)c1.